The number of esters is 1. The van der Waals surface area contributed by atoms with Crippen molar-refractivity contribution in [2.45, 2.75) is 13.5 Å². The number of aryl methyl sites for hydroxylation is 1. The molecule has 3 aromatic rings. The van der Waals surface area contributed by atoms with Gasteiger partial charge in [-0.15, -0.1) is 0 Å². The van der Waals surface area contributed by atoms with Gasteiger partial charge in [-0.2, -0.15) is 0 Å². The van der Waals surface area contributed by atoms with Gasteiger partial charge >= 0.3 is 11.6 Å². The molecule has 1 aromatic heterocycles. The summed E-state index contributed by atoms with van der Waals surface area (Å²) < 4.78 is 20.7. The number of nitrogens with one attached hydrogen (secondary N) is 1. The van der Waals surface area contributed by atoms with Gasteiger partial charge in [-0.3, -0.25) is 9.59 Å². The Bertz CT molecular complexity index is 1200. The van der Waals surface area contributed by atoms with E-state index in [4.69, 9.17) is 30.2 Å². The molecule has 0 radical (unpaired) electrons. The van der Waals surface area contributed by atoms with E-state index in [1.165, 1.54) is 26.4 Å². The summed E-state index contributed by atoms with van der Waals surface area (Å²) in [6.45, 7) is 1.26. The van der Waals surface area contributed by atoms with Crippen LogP contribution in [0.25, 0.3) is 11.0 Å². The van der Waals surface area contributed by atoms with Crippen LogP contribution in [-0.4, -0.2) is 32.6 Å². The Labute approximate surface area is 182 Å². The highest BCUT2D eigenvalue weighted by Crippen LogP contribution is 2.27. The number of hydrogen-bond acceptors (Lipinski definition) is 7. The van der Waals surface area contributed by atoms with Crippen molar-refractivity contribution in [2.75, 3.05) is 20.8 Å². The van der Waals surface area contributed by atoms with Crippen LogP contribution < -0.4 is 20.4 Å². The summed E-state index contributed by atoms with van der Waals surface area (Å²) >= 11 is 6.15. The third-order valence-electron chi connectivity index (χ3n) is 4.54. The van der Waals surface area contributed by atoms with Crippen molar-refractivity contribution >= 4 is 34.4 Å². The average Bonchev–Trinajstić information content (AvgIpc) is 2.76. The number of benzene rings is 2. The lowest BCUT2D eigenvalue weighted by Crippen LogP contribution is -2.30. The number of amides is 1. The minimum absolute atomic E-state index is 0.174. The topological polar surface area (TPSA) is 104 Å². The van der Waals surface area contributed by atoms with E-state index in [0.29, 0.717) is 38.6 Å². The van der Waals surface area contributed by atoms with Gasteiger partial charge in [0.05, 0.1) is 14.2 Å². The zero-order valence-corrected chi connectivity index (χ0v) is 17.9. The van der Waals surface area contributed by atoms with E-state index in [1.54, 1.807) is 31.2 Å². The third-order valence-corrected chi connectivity index (χ3v) is 4.94. The predicted molar refractivity (Wildman–Crippen MR) is 114 cm³/mol. The van der Waals surface area contributed by atoms with Gasteiger partial charge in [-0.05, 0) is 42.8 Å². The largest absolute Gasteiger partial charge is 0.493 e. The summed E-state index contributed by atoms with van der Waals surface area (Å²) in [7, 11) is 2.95. The number of rotatable bonds is 7. The van der Waals surface area contributed by atoms with Gasteiger partial charge in [-0.1, -0.05) is 11.6 Å². The molecule has 0 aliphatic rings. The molecule has 0 fully saturated rings. The average molecular weight is 446 g/mol. The van der Waals surface area contributed by atoms with Crippen molar-refractivity contribution in [2.24, 2.45) is 0 Å². The van der Waals surface area contributed by atoms with Crippen LogP contribution in [0.15, 0.2) is 45.6 Å². The first-order valence-corrected chi connectivity index (χ1v) is 9.59. The molecule has 31 heavy (non-hydrogen) atoms. The fourth-order valence-corrected chi connectivity index (χ4v) is 3.07. The lowest BCUT2D eigenvalue weighted by molar-refractivity contribution is -0.143. The molecule has 162 valence electrons. The number of fused-ring (bicyclic) bond motifs is 1. The van der Waals surface area contributed by atoms with Gasteiger partial charge in [0.2, 0.25) is 0 Å². The summed E-state index contributed by atoms with van der Waals surface area (Å²) in [6.07, 6.45) is 0. The molecule has 0 saturated heterocycles. The fourth-order valence-electron chi connectivity index (χ4n) is 2.91. The van der Waals surface area contributed by atoms with Crippen molar-refractivity contribution in [3.8, 4) is 11.5 Å². The molecule has 0 unspecified atom stereocenters. The van der Waals surface area contributed by atoms with Gasteiger partial charge in [0.15, 0.2) is 11.5 Å². The van der Waals surface area contributed by atoms with E-state index < -0.39 is 17.5 Å². The fraction of sp³-hybridized carbons (Fsp3) is 0.227. The number of halogens is 1. The Hall–Kier alpha value is -3.52. The highest BCUT2D eigenvalue weighted by molar-refractivity contribution is 6.32. The summed E-state index contributed by atoms with van der Waals surface area (Å²) in [5, 5.41) is 3.54. The first-order valence-electron chi connectivity index (χ1n) is 9.21. The van der Waals surface area contributed by atoms with Gasteiger partial charge in [0.25, 0.3) is 5.91 Å². The molecule has 3 rings (SSSR count). The molecule has 2 aromatic carbocycles. The Morgan fingerprint density at radius 1 is 1.06 bits per heavy atom. The standard InChI is InChI=1S/C22H20ClNO7/c1-12-6-18-15(9-16(12)23)14(8-20(25)31-18)11-30-21(26)10-24-22(27)13-4-5-17(28-2)19(7-13)29-3/h4-9H,10-11H2,1-3H3,(H,24,27). The first-order chi connectivity index (χ1) is 14.8. The maximum atomic E-state index is 12.3. The minimum atomic E-state index is -0.673. The van der Waals surface area contributed by atoms with Crippen molar-refractivity contribution in [1.82, 2.24) is 5.32 Å². The zero-order chi connectivity index (χ0) is 22.5. The number of methoxy groups -OCH3 is 2. The molecule has 1 heterocycles. The smallest absolute Gasteiger partial charge is 0.336 e. The van der Waals surface area contributed by atoms with E-state index in [9.17, 15) is 14.4 Å². The number of ether oxygens (including phenoxy) is 3. The minimum Gasteiger partial charge on any atom is -0.493 e. The van der Waals surface area contributed by atoms with Crippen LogP contribution in [0.4, 0.5) is 0 Å². The first kappa shape index (κ1) is 22.2. The van der Waals surface area contributed by atoms with Crippen LogP contribution in [0.5, 0.6) is 11.5 Å². The van der Waals surface area contributed by atoms with Crippen LogP contribution in [0.3, 0.4) is 0 Å². The molecule has 9 heteroatoms. The number of hydrogen-bond donors (Lipinski definition) is 1. The molecule has 1 N–H and O–H groups in total. The normalized spacial score (nSPS) is 10.6. The van der Waals surface area contributed by atoms with Gasteiger partial charge in [0.1, 0.15) is 18.7 Å². The predicted octanol–water partition coefficient (Wildman–Crippen LogP) is 3.25. The summed E-state index contributed by atoms with van der Waals surface area (Å²) in [4.78, 5) is 36.2. The van der Waals surface area contributed by atoms with Gasteiger partial charge in [-0.25, -0.2) is 4.79 Å². The maximum absolute atomic E-state index is 12.3. The van der Waals surface area contributed by atoms with Gasteiger partial charge < -0.3 is 23.9 Å². The quantitative estimate of drug-likeness (QED) is 0.439. The summed E-state index contributed by atoms with van der Waals surface area (Å²) in [6, 6.07) is 9.17. The van der Waals surface area contributed by atoms with Gasteiger partial charge in [0, 0.05) is 27.6 Å². The van der Waals surface area contributed by atoms with Crippen LogP contribution in [0.1, 0.15) is 21.5 Å². The SMILES string of the molecule is COc1ccc(C(=O)NCC(=O)OCc2cc(=O)oc3cc(C)c(Cl)cc23)cc1OC. The molecule has 1 amide bonds. The Balaban J connectivity index is 1.64. The molecule has 8 nitrogen and oxygen atoms in total. The molecule has 0 aliphatic heterocycles. The summed E-state index contributed by atoms with van der Waals surface area (Å²) in [5.41, 5.74) is 1.28. The lowest BCUT2D eigenvalue weighted by atomic mass is 10.1. The van der Waals surface area contributed by atoms with E-state index in [2.05, 4.69) is 5.32 Å². The Morgan fingerprint density at radius 2 is 1.81 bits per heavy atom. The second-order valence-corrected chi connectivity index (χ2v) is 7.01. The second-order valence-electron chi connectivity index (χ2n) is 6.60. The van der Waals surface area contributed by atoms with E-state index >= 15 is 0 Å². The van der Waals surface area contributed by atoms with Crippen LogP contribution in [-0.2, 0) is 16.1 Å². The van der Waals surface area contributed by atoms with E-state index in [-0.39, 0.29) is 13.2 Å². The van der Waals surface area contributed by atoms with Crippen LogP contribution in [0, 0.1) is 6.92 Å². The highest BCUT2D eigenvalue weighted by Gasteiger charge is 2.14. The zero-order valence-electron chi connectivity index (χ0n) is 17.1. The van der Waals surface area contributed by atoms with E-state index in [1.807, 2.05) is 0 Å². The molecule has 0 aliphatic carbocycles. The molecular formula is C22H20ClNO7. The van der Waals surface area contributed by atoms with Crippen molar-refractivity contribution in [3.05, 3.63) is 68.5 Å². The van der Waals surface area contributed by atoms with E-state index in [0.717, 1.165) is 5.56 Å². The van der Waals surface area contributed by atoms with Crippen molar-refractivity contribution in [3.63, 3.8) is 0 Å². The summed E-state index contributed by atoms with van der Waals surface area (Å²) in [5.74, 6) is -0.283. The van der Waals surface area contributed by atoms with Crippen LogP contribution in [0.2, 0.25) is 5.02 Å². The highest BCUT2D eigenvalue weighted by atomic mass is 35.5. The van der Waals surface area contributed by atoms with Crippen molar-refractivity contribution < 1.29 is 28.2 Å². The molecular weight excluding hydrogens is 426 g/mol. The lowest BCUT2D eigenvalue weighted by Gasteiger charge is -2.11. The Kier molecular flexibility index (Phi) is 6.81. The van der Waals surface area contributed by atoms with Crippen molar-refractivity contribution in [1.29, 1.82) is 0 Å². The number of carbonyl (C=O) groups is 2. The third kappa shape index (κ3) is 5.16. The van der Waals surface area contributed by atoms with Crippen LogP contribution >= 0.6 is 11.6 Å². The maximum Gasteiger partial charge on any atom is 0.336 e. The monoisotopic (exact) mass is 445 g/mol. The number of carbonyl (C=O) groups excluding carboxylic acids is 2. The molecule has 0 saturated carbocycles. The Morgan fingerprint density at radius 3 is 2.52 bits per heavy atom. The molecule has 0 spiro atoms. The second kappa shape index (κ2) is 9.53. The molecule has 0 atom stereocenters. The molecule has 0 bridgehead atoms.